The summed E-state index contributed by atoms with van der Waals surface area (Å²) in [5.41, 5.74) is 27.0. The molecule has 0 amide bonds. The Balaban J connectivity index is 1.14. The summed E-state index contributed by atoms with van der Waals surface area (Å²) in [5.74, 6) is 0. The van der Waals surface area contributed by atoms with Gasteiger partial charge < -0.3 is 14.7 Å². The van der Waals surface area contributed by atoms with Crippen LogP contribution in [0.25, 0.3) is 33.4 Å². The molecule has 80 heavy (non-hydrogen) atoms. The number of hydrogen-bond donors (Lipinski definition) is 0. The SMILES string of the molecule is CC(C)(C)c1ccc(N2c3cc4c(cc3B3c5cc(-c6ccccc6)ccc5N(c5ccc(-c6ccccc6)cc5)c5cc(N6c7ccccc7C7(C)CCCCCCC67C)cc2c53)C(C)(C)CCC4(C)C)c(-c2ccccc2)c1. The second-order valence-electron chi connectivity index (χ2n) is 27.0. The highest BCUT2D eigenvalue weighted by molar-refractivity contribution is 7.00. The molecular weight excluding hydrogens is 966 g/mol. The second-order valence-corrected chi connectivity index (χ2v) is 27.0. The van der Waals surface area contributed by atoms with E-state index >= 15 is 0 Å². The van der Waals surface area contributed by atoms with Gasteiger partial charge in [0.05, 0.1) is 11.2 Å². The summed E-state index contributed by atoms with van der Waals surface area (Å²) in [6.45, 7) is 22.2. The van der Waals surface area contributed by atoms with Crippen molar-refractivity contribution in [1.82, 2.24) is 0 Å². The Kier molecular flexibility index (Phi) is 11.7. The zero-order valence-corrected chi connectivity index (χ0v) is 48.6. The minimum atomic E-state index is -0.174. The highest BCUT2D eigenvalue weighted by Gasteiger charge is 2.57. The Labute approximate surface area is 477 Å². The molecule has 3 nitrogen and oxygen atoms in total. The molecule has 2 aliphatic carbocycles. The summed E-state index contributed by atoms with van der Waals surface area (Å²) in [4.78, 5) is 8.25. The molecule has 0 saturated heterocycles. The van der Waals surface area contributed by atoms with E-state index in [1.54, 1.807) is 0 Å². The van der Waals surface area contributed by atoms with Gasteiger partial charge in [0.25, 0.3) is 6.71 Å². The Morgan fingerprint density at radius 2 is 0.912 bits per heavy atom. The van der Waals surface area contributed by atoms with Crippen molar-refractivity contribution in [3.8, 4) is 33.4 Å². The van der Waals surface area contributed by atoms with Crippen LogP contribution < -0.4 is 31.1 Å². The molecular formula is C76H76BN3. The predicted molar refractivity (Wildman–Crippen MR) is 343 cm³/mol. The quantitative estimate of drug-likeness (QED) is 0.154. The van der Waals surface area contributed by atoms with E-state index in [4.69, 9.17) is 0 Å². The molecule has 3 heterocycles. The van der Waals surface area contributed by atoms with Crippen LogP contribution in [0.1, 0.15) is 136 Å². The molecule has 14 rings (SSSR count). The van der Waals surface area contributed by atoms with Gasteiger partial charge in [-0.15, -0.1) is 0 Å². The van der Waals surface area contributed by atoms with Crippen molar-refractivity contribution >= 4 is 68.6 Å². The molecule has 9 aromatic carbocycles. The lowest BCUT2D eigenvalue weighted by molar-refractivity contribution is 0.218. The van der Waals surface area contributed by atoms with Gasteiger partial charge in [0.2, 0.25) is 0 Å². The third-order valence-corrected chi connectivity index (χ3v) is 20.3. The lowest BCUT2D eigenvalue weighted by Gasteiger charge is -2.50. The van der Waals surface area contributed by atoms with Crippen LogP contribution >= 0.6 is 0 Å². The van der Waals surface area contributed by atoms with Gasteiger partial charge in [-0.1, -0.05) is 227 Å². The average Bonchev–Trinajstić information content (AvgIpc) is 3.80. The van der Waals surface area contributed by atoms with Gasteiger partial charge >= 0.3 is 0 Å². The summed E-state index contributed by atoms with van der Waals surface area (Å²) in [6.07, 6.45) is 9.61. The monoisotopic (exact) mass is 1040 g/mol. The van der Waals surface area contributed by atoms with Crippen molar-refractivity contribution in [3.05, 3.63) is 222 Å². The van der Waals surface area contributed by atoms with E-state index in [2.05, 4.69) is 277 Å². The van der Waals surface area contributed by atoms with Gasteiger partial charge in [-0.05, 0) is 170 Å². The lowest BCUT2D eigenvalue weighted by atomic mass is 9.33. The van der Waals surface area contributed by atoms with Crippen molar-refractivity contribution in [3.63, 3.8) is 0 Å². The van der Waals surface area contributed by atoms with Gasteiger partial charge in [-0.2, -0.15) is 0 Å². The largest absolute Gasteiger partial charge is 0.334 e. The molecule has 5 aliphatic rings. The van der Waals surface area contributed by atoms with Gasteiger partial charge in [0.15, 0.2) is 0 Å². The first kappa shape index (κ1) is 50.6. The molecule has 0 aromatic heterocycles. The Hall–Kier alpha value is -7.56. The maximum atomic E-state index is 2.84. The summed E-state index contributed by atoms with van der Waals surface area (Å²) >= 11 is 0. The summed E-state index contributed by atoms with van der Waals surface area (Å²) in [5, 5.41) is 0. The molecule has 3 aliphatic heterocycles. The van der Waals surface area contributed by atoms with Crippen LogP contribution in [0.4, 0.5) is 45.5 Å². The van der Waals surface area contributed by atoms with E-state index < -0.39 is 0 Å². The van der Waals surface area contributed by atoms with Crippen LogP contribution in [-0.2, 0) is 21.7 Å². The zero-order chi connectivity index (χ0) is 54.9. The average molecular weight is 1040 g/mol. The summed E-state index contributed by atoms with van der Waals surface area (Å²) in [7, 11) is 0. The fourth-order valence-electron chi connectivity index (χ4n) is 15.5. The molecule has 1 saturated carbocycles. The van der Waals surface area contributed by atoms with Crippen molar-refractivity contribution < 1.29 is 0 Å². The molecule has 0 spiro atoms. The van der Waals surface area contributed by atoms with E-state index in [0.29, 0.717) is 0 Å². The molecule has 2 unspecified atom stereocenters. The van der Waals surface area contributed by atoms with Gasteiger partial charge in [0.1, 0.15) is 0 Å². The standard InChI is InChI=1S/C76H76BN3/c1-72(2,3)56-36-40-65(59(46-56)54-29-19-14-20-30-54)79-68-50-62-61(73(4,5)43-44-74(62,6)7)49-64(68)77-63-45-55(52-27-17-13-18-28-52)35-39-67(63)78(57-37-33-53(34-38-57)51-25-15-12-16-26-51)69-47-58(48-70(79)71(69)77)80-66-32-22-21-31-60(66)75(8)41-23-10-11-24-42-76(75,80)9/h12-22,25-40,45-50H,10-11,23-24,41-44H2,1-9H3. The Morgan fingerprint density at radius 1 is 0.375 bits per heavy atom. The maximum Gasteiger partial charge on any atom is 0.252 e. The summed E-state index contributed by atoms with van der Waals surface area (Å²) < 4.78 is 0. The molecule has 4 heteroatoms. The lowest BCUT2D eigenvalue weighted by Crippen LogP contribution is -2.62. The van der Waals surface area contributed by atoms with Crippen LogP contribution in [0.2, 0.25) is 0 Å². The smallest absolute Gasteiger partial charge is 0.252 e. The molecule has 398 valence electrons. The van der Waals surface area contributed by atoms with E-state index in [1.807, 2.05) is 0 Å². The van der Waals surface area contributed by atoms with E-state index in [1.165, 1.54) is 144 Å². The molecule has 9 aromatic rings. The van der Waals surface area contributed by atoms with Crippen LogP contribution in [0.5, 0.6) is 0 Å². The second kappa shape index (κ2) is 18.5. The first-order valence-electron chi connectivity index (χ1n) is 30.0. The normalized spacial score (nSPS) is 20.4. The third-order valence-electron chi connectivity index (χ3n) is 20.3. The Morgan fingerprint density at radius 3 is 1.57 bits per heavy atom. The molecule has 0 radical (unpaired) electrons. The van der Waals surface area contributed by atoms with Crippen LogP contribution in [0, 0.1) is 0 Å². The van der Waals surface area contributed by atoms with Crippen LogP contribution in [0.3, 0.4) is 0 Å². The third kappa shape index (κ3) is 7.82. The number of hydrogen-bond acceptors (Lipinski definition) is 3. The minimum absolute atomic E-state index is 0.0000179. The van der Waals surface area contributed by atoms with E-state index in [9.17, 15) is 0 Å². The zero-order valence-electron chi connectivity index (χ0n) is 48.6. The van der Waals surface area contributed by atoms with Crippen molar-refractivity contribution in [1.29, 1.82) is 0 Å². The van der Waals surface area contributed by atoms with Crippen LogP contribution in [-0.4, -0.2) is 12.3 Å². The van der Waals surface area contributed by atoms with E-state index in [0.717, 1.165) is 24.9 Å². The molecule has 0 N–H and O–H groups in total. The van der Waals surface area contributed by atoms with Gasteiger partial charge in [-0.3, -0.25) is 0 Å². The highest BCUT2D eigenvalue weighted by Crippen LogP contribution is 2.61. The molecule has 0 bridgehead atoms. The number of rotatable bonds is 6. The maximum absolute atomic E-state index is 2.84. The number of nitrogens with zero attached hydrogens (tertiary/aromatic N) is 3. The van der Waals surface area contributed by atoms with Crippen molar-refractivity contribution in [2.75, 3.05) is 14.7 Å². The van der Waals surface area contributed by atoms with Gasteiger partial charge in [-0.25, -0.2) is 0 Å². The van der Waals surface area contributed by atoms with Crippen molar-refractivity contribution in [2.45, 2.75) is 141 Å². The van der Waals surface area contributed by atoms with Crippen molar-refractivity contribution in [2.24, 2.45) is 0 Å². The first-order chi connectivity index (χ1) is 38.5. The fourth-order valence-corrected chi connectivity index (χ4v) is 15.5. The topological polar surface area (TPSA) is 9.72 Å². The first-order valence-corrected chi connectivity index (χ1v) is 30.0. The van der Waals surface area contributed by atoms with Gasteiger partial charge in [0, 0.05) is 50.8 Å². The Bertz CT molecular complexity index is 3870. The molecule has 1 fully saturated rings. The van der Waals surface area contributed by atoms with Crippen LogP contribution in [0.15, 0.2) is 200 Å². The predicted octanol–water partition coefficient (Wildman–Crippen LogP) is 18.9. The minimum Gasteiger partial charge on any atom is -0.334 e. The number of benzene rings is 9. The number of para-hydroxylation sites is 1. The number of fused-ring (bicyclic) bond motifs is 8. The summed E-state index contributed by atoms with van der Waals surface area (Å²) in [6, 6.07) is 77.5. The number of anilines is 8. The van der Waals surface area contributed by atoms with E-state index in [-0.39, 0.29) is 33.9 Å². The molecule has 2 atom stereocenters. The fraction of sp³-hybridized carbons (Fsp3) is 0.289. The highest BCUT2D eigenvalue weighted by atomic mass is 15.3.